The average Bonchev–Trinajstić information content (AvgIpc) is 2.75. The summed E-state index contributed by atoms with van der Waals surface area (Å²) in [5.74, 6) is 1.04. The molecule has 0 atom stereocenters. The number of alkyl halides is 3. The molecule has 0 unspecified atom stereocenters. The number of rotatable bonds is 2. The molecule has 1 aromatic carbocycles. The third kappa shape index (κ3) is 2.33. The normalized spacial score (nSPS) is 16.4. The van der Waals surface area contributed by atoms with Gasteiger partial charge in [-0.1, -0.05) is 17.3 Å². The molecule has 2 heterocycles. The van der Waals surface area contributed by atoms with E-state index in [2.05, 4.69) is 15.5 Å². The minimum Gasteiger partial charge on any atom is -0.339 e. The third-order valence-corrected chi connectivity index (χ3v) is 3.04. The SMILES string of the molecule is FC(F)(F)c1ccc(-c2noc(C3CNC3)n2)cc1. The van der Waals surface area contributed by atoms with Crippen molar-refractivity contribution in [2.75, 3.05) is 13.1 Å². The van der Waals surface area contributed by atoms with Crippen molar-refractivity contribution in [2.45, 2.75) is 12.1 Å². The van der Waals surface area contributed by atoms with Crippen LogP contribution in [0.5, 0.6) is 0 Å². The second-order valence-electron chi connectivity index (χ2n) is 4.39. The zero-order valence-corrected chi connectivity index (χ0v) is 9.74. The summed E-state index contributed by atoms with van der Waals surface area (Å²) in [6.07, 6.45) is -4.33. The molecule has 0 aliphatic carbocycles. The van der Waals surface area contributed by atoms with Gasteiger partial charge in [0.15, 0.2) is 0 Å². The van der Waals surface area contributed by atoms with Crippen LogP contribution in [0.25, 0.3) is 11.4 Å². The van der Waals surface area contributed by atoms with Crippen LogP contribution < -0.4 is 5.32 Å². The number of hydrogen-bond donors (Lipinski definition) is 1. The maximum Gasteiger partial charge on any atom is 0.416 e. The molecule has 1 saturated heterocycles. The predicted octanol–water partition coefficient (Wildman–Crippen LogP) is 2.44. The Morgan fingerprint density at radius 2 is 1.84 bits per heavy atom. The lowest BCUT2D eigenvalue weighted by Crippen LogP contribution is -2.40. The Morgan fingerprint density at radius 1 is 1.16 bits per heavy atom. The molecule has 0 radical (unpaired) electrons. The Hall–Kier alpha value is -1.89. The van der Waals surface area contributed by atoms with Crippen molar-refractivity contribution >= 4 is 0 Å². The third-order valence-electron chi connectivity index (χ3n) is 3.04. The van der Waals surface area contributed by atoms with Crippen LogP contribution in [0, 0.1) is 0 Å². The Bertz CT molecular complexity index is 573. The van der Waals surface area contributed by atoms with Crippen LogP contribution >= 0.6 is 0 Å². The Labute approximate surface area is 106 Å². The summed E-state index contributed by atoms with van der Waals surface area (Å²) in [6.45, 7) is 1.57. The molecule has 0 amide bonds. The first kappa shape index (κ1) is 12.2. The van der Waals surface area contributed by atoms with Gasteiger partial charge in [-0.3, -0.25) is 0 Å². The minimum atomic E-state index is -4.33. The van der Waals surface area contributed by atoms with Crippen molar-refractivity contribution in [1.82, 2.24) is 15.5 Å². The second-order valence-corrected chi connectivity index (χ2v) is 4.39. The first-order chi connectivity index (χ1) is 9.04. The van der Waals surface area contributed by atoms with E-state index < -0.39 is 11.7 Å². The quantitative estimate of drug-likeness (QED) is 0.909. The summed E-state index contributed by atoms with van der Waals surface area (Å²) in [7, 11) is 0. The van der Waals surface area contributed by atoms with E-state index >= 15 is 0 Å². The summed E-state index contributed by atoms with van der Waals surface area (Å²) in [6, 6.07) is 4.71. The standard InChI is InChI=1S/C12H10F3N3O/c13-12(14,15)9-3-1-7(2-4-9)10-17-11(19-18-10)8-5-16-6-8/h1-4,8,16H,5-6H2. The summed E-state index contributed by atoms with van der Waals surface area (Å²) in [4.78, 5) is 4.20. The van der Waals surface area contributed by atoms with Crippen molar-refractivity contribution in [2.24, 2.45) is 0 Å². The van der Waals surface area contributed by atoms with Gasteiger partial charge in [0.2, 0.25) is 11.7 Å². The van der Waals surface area contributed by atoms with Gasteiger partial charge < -0.3 is 9.84 Å². The van der Waals surface area contributed by atoms with Crippen molar-refractivity contribution in [3.63, 3.8) is 0 Å². The molecule has 1 fully saturated rings. The van der Waals surface area contributed by atoms with Crippen LogP contribution in [0.3, 0.4) is 0 Å². The molecule has 1 aliphatic heterocycles. The fourth-order valence-corrected chi connectivity index (χ4v) is 1.79. The number of nitrogens with zero attached hydrogens (tertiary/aromatic N) is 2. The number of nitrogens with one attached hydrogen (secondary N) is 1. The molecule has 0 bridgehead atoms. The van der Waals surface area contributed by atoms with E-state index in [-0.39, 0.29) is 5.92 Å². The van der Waals surface area contributed by atoms with E-state index in [1.165, 1.54) is 12.1 Å². The number of aromatic nitrogens is 2. The zero-order valence-electron chi connectivity index (χ0n) is 9.74. The van der Waals surface area contributed by atoms with Crippen LogP contribution in [0.15, 0.2) is 28.8 Å². The van der Waals surface area contributed by atoms with Crippen molar-refractivity contribution in [3.05, 3.63) is 35.7 Å². The molecular weight excluding hydrogens is 259 g/mol. The Morgan fingerprint density at radius 3 is 2.37 bits per heavy atom. The number of benzene rings is 1. The first-order valence-electron chi connectivity index (χ1n) is 5.76. The van der Waals surface area contributed by atoms with E-state index in [9.17, 15) is 13.2 Å². The first-order valence-corrected chi connectivity index (χ1v) is 5.76. The molecule has 2 aromatic rings. The van der Waals surface area contributed by atoms with Gasteiger partial charge in [-0.25, -0.2) is 0 Å². The zero-order chi connectivity index (χ0) is 13.5. The minimum absolute atomic E-state index is 0.204. The lowest BCUT2D eigenvalue weighted by Gasteiger charge is -2.22. The number of halogens is 3. The monoisotopic (exact) mass is 269 g/mol. The molecule has 7 heteroatoms. The average molecular weight is 269 g/mol. The van der Waals surface area contributed by atoms with Gasteiger partial charge >= 0.3 is 6.18 Å². The summed E-state index contributed by atoms with van der Waals surface area (Å²) < 4.78 is 42.4. The summed E-state index contributed by atoms with van der Waals surface area (Å²) >= 11 is 0. The Kier molecular flexibility index (Phi) is 2.78. The van der Waals surface area contributed by atoms with Crippen molar-refractivity contribution < 1.29 is 17.7 Å². The van der Waals surface area contributed by atoms with Gasteiger partial charge in [0, 0.05) is 18.7 Å². The molecule has 3 rings (SSSR count). The fourth-order valence-electron chi connectivity index (χ4n) is 1.79. The fraction of sp³-hybridized carbons (Fsp3) is 0.333. The van der Waals surface area contributed by atoms with E-state index in [4.69, 9.17) is 4.52 Å². The largest absolute Gasteiger partial charge is 0.416 e. The highest BCUT2D eigenvalue weighted by Crippen LogP contribution is 2.30. The van der Waals surface area contributed by atoms with E-state index in [1.54, 1.807) is 0 Å². The highest BCUT2D eigenvalue weighted by molar-refractivity contribution is 5.54. The van der Waals surface area contributed by atoms with Gasteiger partial charge in [0.1, 0.15) is 0 Å². The van der Waals surface area contributed by atoms with Gasteiger partial charge in [-0.2, -0.15) is 18.2 Å². The predicted molar refractivity (Wildman–Crippen MR) is 60.3 cm³/mol. The Balaban J connectivity index is 1.83. The molecule has 1 aromatic heterocycles. The molecule has 19 heavy (non-hydrogen) atoms. The maximum absolute atomic E-state index is 12.4. The van der Waals surface area contributed by atoms with Crippen LogP contribution in [-0.2, 0) is 6.18 Å². The van der Waals surface area contributed by atoms with E-state index in [0.717, 1.165) is 25.2 Å². The lowest BCUT2D eigenvalue weighted by molar-refractivity contribution is -0.137. The summed E-state index contributed by atoms with van der Waals surface area (Å²) in [5.41, 5.74) is -0.182. The molecular formula is C12H10F3N3O. The van der Waals surface area contributed by atoms with Gasteiger partial charge in [0.05, 0.1) is 11.5 Å². The van der Waals surface area contributed by atoms with Gasteiger partial charge in [-0.05, 0) is 12.1 Å². The van der Waals surface area contributed by atoms with E-state index in [1.807, 2.05) is 0 Å². The van der Waals surface area contributed by atoms with Crippen molar-refractivity contribution in [1.29, 1.82) is 0 Å². The molecule has 0 spiro atoms. The van der Waals surface area contributed by atoms with Crippen LogP contribution in [0.1, 0.15) is 17.4 Å². The lowest BCUT2D eigenvalue weighted by atomic mass is 10.0. The highest BCUT2D eigenvalue weighted by atomic mass is 19.4. The van der Waals surface area contributed by atoms with Crippen molar-refractivity contribution in [3.8, 4) is 11.4 Å². The maximum atomic E-state index is 12.4. The topological polar surface area (TPSA) is 51.0 Å². The van der Waals surface area contributed by atoms with E-state index in [0.29, 0.717) is 17.3 Å². The molecule has 1 aliphatic rings. The smallest absolute Gasteiger partial charge is 0.339 e. The second kappa shape index (κ2) is 4.34. The molecule has 0 saturated carbocycles. The van der Waals surface area contributed by atoms with Crippen LogP contribution in [0.2, 0.25) is 0 Å². The highest BCUT2D eigenvalue weighted by Gasteiger charge is 2.30. The number of hydrogen-bond acceptors (Lipinski definition) is 4. The van der Waals surface area contributed by atoms with Gasteiger partial charge in [-0.15, -0.1) is 0 Å². The molecule has 100 valence electrons. The van der Waals surface area contributed by atoms with Gasteiger partial charge in [0.25, 0.3) is 0 Å². The van der Waals surface area contributed by atoms with Crippen LogP contribution in [0.4, 0.5) is 13.2 Å². The summed E-state index contributed by atoms with van der Waals surface area (Å²) in [5, 5.41) is 6.87. The van der Waals surface area contributed by atoms with Crippen LogP contribution in [-0.4, -0.2) is 23.2 Å². The molecule has 4 nitrogen and oxygen atoms in total. The molecule has 1 N–H and O–H groups in total.